The average Bonchev–Trinajstić information content (AvgIpc) is 3.02. The summed E-state index contributed by atoms with van der Waals surface area (Å²) in [5.74, 6) is -0.353. The molecule has 7 heteroatoms. The van der Waals surface area contributed by atoms with Crippen molar-refractivity contribution < 1.29 is 14.6 Å². The summed E-state index contributed by atoms with van der Waals surface area (Å²) in [7, 11) is 0. The van der Waals surface area contributed by atoms with Crippen LogP contribution in [-0.2, 0) is 9.53 Å². The van der Waals surface area contributed by atoms with E-state index in [9.17, 15) is 14.7 Å². The van der Waals surface area contributed by atoms with Crippen molar-refractivity contribution in [2.75, 3.05) is 6.61 Å². The molecule has 1 N–H and O–H groups in total. The average molecular weight is 420 g/mol. The number of rotatable bonds is 4. The van der Waals surface area contributed by atoms with Gasteiger partial charge in [-0.25, -0.2) is 9.79 Å². The molecule has 1 aliphatic heterocycles. The second-order valence-electron chi connectivity index (χ2n) is 6.81. The maximum absolute atomic E-state index is 13.4. The molecule has 1 aromatic heterocycles. The van der Waals surface area contributed by atoms with Gasteiger partial charge in [-0.15, -0.1) is 0 Å². The van der Waals surface area contributed by atoms with Crippen LogP contribution in [0.1, 0.15) is 31.0 Å². The number of thiazole rings is 1. The molecule has 1 aliphatic rings. The van der Waals surface area contributed by atoms with Crippen LogP contribution in [0, 0.1) is 0 Å². The smallest absolute Gasteiger partial charge is 0.338 e. The molecular formula is C23H20N2O4S. The summed E-state index contributed by atoms with van der Waals surface area (Å²) in [6.45, 7) is 3.74. The van der Waals surface area contributed by atoms with Gasteiger partial charge in [-0.2, -0.15) is 0 Å². The van der Waals surface area contributed by atoms with Crippen molar-refractivity contribution in [1.82, 2.24) is 4.57 Å². The van der Waals surface area contributed by atoms with Crippen LogP contribution in [0.15, 0.2) is 75.7 Å². The predicted octanol–water partition coefficient (Wildman–Crippen LogP) is 2.50. The molecule has 3 aromatic rings. The lowest BCUT2D eigenvalue weighted by molar-refractivity contribution is -0.139. The minimum Gasteiger partial charge on any atom is -0.508 e. The van der Waals surface area contributed by atoms with Gasteiger partial charge in [0.15, 0.2) is 4.80 Å². The van der Waals surface area contributed by atoms with E-state index in [-0.39, 0.29) is 17.9 Å². The van der Waals surface area contributed by atoms with E-state index in [0.717, 1.165) is 5.56 Å². The number of hydrogen-bond donors (Lipinski definition) is 1. The maximum atomic E-state index is 13.4. The summed E-state index contributed by atoms with van der Waals surface area (Å²) < 4.78 is 7.29. The lowest BCUT2D eigenvalue weighted by atomic mass is 9.96. The van der Waals surface area contributed by atoms with Gasteiger partial charge in [-0.3, -0.25) is 9.36 Å². The topological polar surface area (TPSA) is 80.9 Å². The molecule has 0 saturated heterocycles. The molecule has 0 saturated carbocycles. The third-order valence-corrected chi connectivity index (χ3v) is 5.78. The number of aromatic hydroxyl groups is 1. The Morgan fingerprint density at radius 3 is 2.70 bits per heavy atom. The van der Waals surface area contributed by atoms with Crippen molar-refractivity contribution in [3.8, 4) is 5.75 Å². The Morgan fingerprint density at radius 2 is 2.00 bits per heavy atom. The van der Waals surface area contributed by atoms with Gasteiger partial charge in [0.1, 0.15) is 5.75 Å². The summed E-state index contributed by atoms with van der Waals surface area (Å²) in [6.07, 6.45) is 1.72. The Hall–Kier alpha value is -3.45. The summed E-state index contributed by atoms with van der Waals surface area (Å²) in [4.78, 5) is 31.2. The highest BCUT2D eigenvalue weighted by molar-refractivity contribution is 7.07. The normalized spacial score (nSPS) is 16.2. The van der Waals surface area contributed by atoms with Gasteiger partial charge < -0.3 is 9.84 Å². The van der Waals surface area contributed by atoms with E-state index < -0.39 is 12.0 Å². The van der Waals surface area contributed by atoms with Crippen LogP contribution in [0.5, 0.6) is 5.75 Å². The van der Waals surface area contributed by atoms with E-state index in [1.165, 1.54) is 11.3 Å². The minimum atomic E-state index is -0.618. The number of allylic oxidation sites excluding steroid dienone is 1. The fourth-order valence-electron chi connectivity index (χ4n) is 3.51. The monoisotopic (exact) mass is 420 g/mol. The second kappa shape index (κ2) is 8.12. The Balaban J connectivity index is 1.96. The highest BCUT2D eigenvalue weighted by Crippen LogP contribution is 2.30. The molecule has 1 atom stereocenters. The molecule has 0 aliphatic carbocycles. The van der Waals surface area contributed by atoms with E-state index in [2.05, 4.69) is 4.99 Å². The zero-order valence-electron chi connectivity index (χ0n) is 16.5. The van der Waals surface area contributed by atoms with Crippen LogP contribution >= 0.6 is 11.3 Å². The summed E-state index contributed by atoms with van der Waals surface area (Å²) >= 11 is 1.25. The number of aromatic nitrogens is 1. The number of carbonyl (C=O) groups is 1. The first-order valence-corrected chi connectivity index (χ1v) is 10.3. The molecule has 0 spiro atoms. The molecule has 0 unspecified atom stereocenters. The number of benzene rings is 2. The summed E-state index contributed by atoms with van der Waals surface area (Å²) in [6, 6.07) is 15.5. The van der Waals surface area contributed by atoms with Gasteiger partial charge in [0.05, 0.1) is 28.5 Å². The number of nitrogens with zero attached hydrogens (tertiary/aromatic N) is 2. The molecule has 4 rings (SSSR count). The van der Waals surface area contributed by atoms with Crippen LogP contribution < -0.4 is 14.9 Å². The molecule has 0 bridgehead atoms. The number of fused-ring (bicyclic) bond motifs is 1. The molecule has 0 radical (unpaired) electrons. The fourth-order valence-corrected chi connectivity index (χ4v) is 4.55. The second-order valence-corrected chi connectivity index (χ2v) is 7.82. The van der Waals surface area contributed by atoms with E-state index in [4.69, 9.17) is 4.74 Å². The molecule has 2 aromatic carbocycles. The first-order chi connectivity index (χ1) is 14.5. The third-order valence-electron chi connectivity index (χ3n) is 4.80. The predicted molar refractivity (Wildman–Crippen MR) is 115 cm³/mol. The van der Waals surface area contributed by atoms with Crippen LogP contribution in [0.2, 0.25) is 0 Å². The third kappa shape index (κ3) is 3.59. The number of esters is 1. The summed E-state index contributed by atoms with van der Waals surface area (Å²) in [5.41, 5.74) is 2.16. The number of phenols is 1. The highest BCUT2D eigenvalue weighted by atomic mass is 32.1. The quantitative estimate of drug-likeness (QED) is 0.658. The van der Waals surface area contributed by atoms with Crippen LogP contribution in [-0.4, -0.2) is 22.2 Å². The number of phenolic OH excluding ortho intramolecular Hbond substituents is 1. The van der Waals surface area contributed by atoms with Crippen molar-refractivity contribution in [3.63, 3.8) is 0 Å². The van der Waals surface area contributed by atoms with E-state index in [1.807, 2.05) is 36.4 Å². The molecular weight excluding hydrogens is 400 g/mol. The standard InChI is InChI=1S/C23H20N2O4S/c1-3-29-22(28)19-14(2)24-23-25(20(19)16-9-5-4-6-10-16)21(27)18(30-23)13-15-8-7-11-17(26)12-15/h4-13,20,26H,3H2,1-2H3/b18-13-/t20-/m1/s1. The lowest BCUT2D eigenvalue weighted by Gasteiger charge is -2.24. The Morgan fingerprint density at radius 1 is 1.23 bits per heavy atom. The van der Waals surface area contributed by atoms with E-state index in [0.29, 0.717) is 26.2 Å². The fraction of sp³-hybridized carbons (Fsp3) is 0.174. The van der Waals surface area contributed by atoms with Gasteiger partial charge in [-0.05, 0) is 43.2 Å². The van der Waals surface area contributed by atoms with Crippen molar-refractivity contribution in [1.29, 1.82) is 0 Å². The minimum absolute atomic E-state index is 0.124. The number of carbonyl (C=O) groups excluding carboxylic acids is 1. The van der Waals surface area contributed by atoms with E-state index >= 15 is 0 Å². The number of hydrogen-bond acceptors (Lipinski definition) is 6. The van der Waals surface area contributed by atoms with E-state index in [1.54, 1.807) is 42.7 Å². The van der Waals surface area contributed by atoms with Crippen molar-refractivity contribution in [2.45, 2.75) is 19.9 Å². The SMILES string of the molecule is CCOC(=O)C1=C(C)N=c2s/c(=C\c3cccc(O)c3)c(=O)n2[C@@H]1c1ccccc1. The first kappa shape index (κ1) is 19.8. The Kier molecular flexibility index (Phi) is 5.37. The largest absolute Gasteiger partial charge is 0.508 e. The zero-order chi connectivity index (χ0) is 21.3. The Labute approximate surface area is 176 Å². The van der Waals surface area contributed by atoms with Gasteiger partial charge in [0.2, 0.25) is 0 Å². The van der Waals surface area contributed by atoms with Crippen LogP contribution in [0.3, 0.4) is 0 Å². The highest BCUT2D eigenvalue weighted by Gasteiger charge is 2.33. The van der Waals surface area contributed by atoms with Crippen LogP contribution in [0.25, 0.3) is 6.08 Å². The maximum Gasteiger partial charge on any atom is 0.338 e. The molecule has 2 heterocycles. The van der Waals surface area contributed by atoms with Crippen LogP contribution in [0.4, 0.5) is 0 Å². The molecule has 152 valence electrons. The van der Waals surface area contributed by atoms with Gasteiger partial charge in [0.25, 0.3) is 5.56 Å². The van der Waals surface area contributed by atoms with Gasteiger partial charge in [-0.1, -0.05) is 53.8 Å². The molecule has 0 amide bonds. The first-order valence-electron chi connectivity index (χ1n) is 9.53. The molecule has 6 nitrogen and oxygen atoms in total. The van der Waals surface area contributed by atoms with Gasteiger partial charge in [0, 0.05) is 0 Å². The van der Waals surface area contributed by atoms with Gasteiger partial charge >= 0.3 is 5.97 Å². The molecule has 30 heavy (non-hydrogen) atoms. The lowest BCUT2D eigenvalue weighted by Crippen LogP contribution is -2.39. The number of ether oxygens (including phenoxy) is 1. The zero-order valence-corrected chi connectivity index (χ0v) is 17.3. The van der Waals surface area contributed by atoms with Crippen molar-refractivity contribution in [2.24, 2.45) is 4.99 Å². The summed E-state index contributed by atoms with van der Waals surface area (Å²) in [5, 5.41) is 9.72. The van der Waals surface area contributed by atoms with Crippen molar-refractivity contribution in [3.05, 3.63) is 96.7 Å². The Bertz CT molecular complexity index is 1320. The molecule has 0 fully saturated rings. The van der Waals surface area contributed by atoms with Crippen molar-refractivity contribution >= 4 is 23.4 Å².